The molecule has 0 spiro atoms. The van der Waals surface area contributed by atoms with Crippen LogP contribution in [0.4, 0.5) is 17.1 Å². The van der Waals surface area contributed by atoms with Crippen LogP contribution >= 0.6 is 0 Å². The van der Waals surface area contributed by atoms with Gasteiger partial charge in [-0.05, 0) is 84.6 Å². The molecule has 10 aromatic carbocycles. The molecular formula is C54H37N. The molecule has 55 heavy (non-hydrogen) atoms. The maximum atomic E-state index is 2.50. The normalized spacial score (nSPS) is 11.3. The van der Waals surface area contributed by atoms with Gasteiger partial charge >= 0.3 is 0 Å². The minimum Gasteiger partial charge on any atom is -0.309 e. The molecule has 0 aliphatic rings. The quantitative estimate of drug-likeness (QED) is 0.150. The minimum atomic E-state index is 1.09. The van der Waals surface area contributed by atoms with E-state index in [0.29, 0.717) is 0 Å². The van der Waals surface area contributed by atoms with Gasteiger partial charge in [0, 0.05) is 22.2 Å². The van der Waals surface area contributed by atoms with Crippen LogP contribution in [0.1, 0.15) is 0 Å². The van der Waals surface area contributed by atoms with Crippen LogP contribution in [0.2, 0.25) is 0 Å². The topological polar surface area (TPSA) is 3.24 Å². The van der Waals surface area contributed by atoms with E-state index in [1.165, 1.54) is 76.8 Å². The van der Waals surface area contributed by atoms with Crippen LogP contribution in [-0.4, -0.2) is 0 Å². The zero-order chi connectivity index (χ0) is 36.6. The summed E-state index contributed by atoms with van der Waals surface area (Å²) < 4.78 is 0. The van der Waals surface area contributed by atoms with Gasteiger partial charge in [-0.3, -0.25) is 0 Å². The van der Waals surface area contributed by atoms with Gasteiger partial charge in [-0.1, -0.05) is 200 Å². The van der Waals surface area contributed by atoms with Crippen molar-refractivity contribution in [1.82, 2.24) is 0 Å². The first-order valence-electron chi connectivity index (χ1n) is 18.9. The Balaban J connectivity index is 1.25. The fraction of sp³-hybridized carbons (Fsp3) is 0. The Kier molecular flexibility index (Phi) is 8.24. The molecule has 1 heteroatoms. The number of nitrogens with zero attached hydrogens (tertiary/aromatic N) is 1. The highest BCUT2D eigenvalue weighted by molar-refractivity contribution is 6.22. The predicted octanol–water partition coefficient (Wildman–Crippen LogP) is 15.3. The van der Waals surface area contributed by atoms with Gasteiger partial charge in [0.05, 0.1) is 11.4 Å². The van der Waals surface area contributed by atoms with Crippen LogP contribution in [0.5, 0.6) is 0 Å². The van der Waals surface area contributed by atoms with E-state index in [0.717, 1.165) is 17.1 Å². The van der Waals surface area contributed by atoms with Crippen molar-refractivity contribution >= 4 is 49.4 Å². The maximum Gasteiger partial charge on any atom is 0.0625 e. The number of para-hydroxylation sites is 1. The molecule has 0 aliphatic heterocycles. The second kappa shape index (κ2) is 14.0. The lowest BCUT2D eigenvalue weighted by molar-refractivity contribution is 1.30. The predicted molar refractivity (Wildman–Crippen MR) is 235 cm³/mol. The Labute approximate surface area is 322 Å². The maximum absolute atomic E-state index is 2.50. The molecule has 0 aliphatic carbocycles. The number of fused-ring (bicyclic) bond motifs is 4. The Morgan fingerprint density at radius 3 is 1.47 bits per heavy atom. The fourth-order valence-corrected chi connectivity index (χ4v) is 8.20. The van der Waals surface area contributed by atoms with E-state index in [1.54, 1.807) is 0 Å². The molecule has 0 fully saturated rings. The molecule has 0 heterocycles. The molecule has 0 saturated heterocycles. The zero-order valence-corrected chi connectivity index (χ0v) is 30.3. The van der Waals surface area contributed by atoms with Crippen LogP contribution in [0.3, 0.4) is 0 Å². The summed E-state index contributed by atoms with van der Waals surface area (Å²) in [7, 11) is 0. The van der Waals surface area contributed by atoms with Crippen molar-refractivity contribution in [2.45, 2.75) is 0 Å². The fourth-order valence-electron chi connectivity index (χ4n) is 8.20. The smallest absolute Gasteiger partial charge is 0.0625 e. The molecule has 0 N–H and O–H groups in total. The summed E-state index contributed by atoms with van der Waals surface area (Å²) in [6, 6.07) is 81.5. The molecule has 0 aromatic heterocycles. The SMILES string of the molecule is c1ccc(-c2ccc(N(c3ccccc3-c3ccccc3)c3c(-c4ccc(-c5ccc6ccccc6c5)cc4)c4ccccc4c4ccccc34)cc2)cc1. The standard InChI is InChI=1S/C54H37N/c1-3-15-38(16-4-1)40-33-35-46(36-34-40)55(52-26-14-13-21-47(52)42-18-5-2-6-19-42)54-51-25-12-10-23-49(51)48-22-9-11-24-50(48)53(54)43-30-27-41(28-31-43)45-32-29-39-17-7-8-20-44(39)37-45/h1-37H. The zero-order valence-electron chi connectivity index (χ0n) is 30.3. The van der Waals surface area contributed by atoms with Crippen molar-refractivity contribution in [2.75, 3.05) is 4.90 Å². The summed E-state index contributed by atoms with van der Waals surface area (Å²) >= 11 is 0. The van der Waals surface area contributed by atoms with E-state index in [4.69, 9.17) is 0 Å². The van der Waals surface area contributed by atoms with Gasteiger partial charge in [0.1, 0.15) is 0 Å². The van der Waals surface area contributed by atoms with Crippen LogP contribution in [0.15, 0.2) is 224 Å². The monoisotopic (exact) mass is 699 g/mol. The molecular weight excluding hydrogens is 663 g/mol. The van der Waals surface area contributed by atoms with Gasteiger partial charge in [-0.25, -0.2) is 0 Å². The first-order chi connectivity index (χ1) is 27.3. The van der Waals surface area contributed by atoms with Crippen LogP contribution < -0.4 is 4.90 Å². The van der Waals surface area contributed by atoms with Crippen LogP contribution in [0.25, 0.3) is 76.8 Å². The van der Waals surface area contributed by atoms with Crippen molar-refractivity contribution in [2.24, 2.45) is 0 Å². The van der Waals surface area contributed by atoms with E-state index in [2.05, 4.69) is 229 Å². The van der Waals surface area contributed by atoms with E-state index in [-0.39, 0.29) is 0 Å². The first-order valence-corrected chi connectivity index (χ1v) is 18.9. The largest absolute Gasteiger partial charge is 0.309 e. The number of anilines is 3. The number of benzene rings is 10. The van der Waals surface area contributed by atoms with Crippen LogP contribution in [0, 0.1) is 0 Å². The molecule has 0 radical (unpaired) electrons. The van der Waals surface area contributed by atoms with Gasteiger partial charge < -0.3 is 4.90 Å². The average Bonchev–Trinajstić information content (AvgIpc) is 3.27. The summed E-state index contributed by atoms with van der Waals surface area (Å²) in [6.45, 7) is 0. The van der Waals surface area contributed by atoms with Gasteiger partial charge in [-0.2, -0.15) is 0 Å². The van der Waals surface area contributed by atoms with Crippen molar-refractivity contribution in [3.63, 3.8) is 0 Å². The number of rotatable bonds is 7. The third-order valence-corrected chi connectivity index (χ3v) is 10.8. The highest BCUT2D eigenvalue weighted by Gasteiger charge is 2.25. The van der Waals surface area contributed by atoms with Gasteiger partial charge in [-0.15, -0.1) is 0 Å². The molecule has 0 amide bonds. The van der Waals surface area contributed by atoms with Crippen molar-refractivity contribution < 1.29 is 0 Å². The van der Waals surface area contributed by atoms with Gasteiger partial charge in [0.2, 0.25) is 0 Å². The number of hydrogen-bond acceptors (Lipinski definition) is 1. The van der Waals surface area contributed by atoms with E-state index in [1.807, 2.05) is 0 Å². The van der Waals surface area contributed by atoms with Crippen molar-refractivity contribution in [3.05, 3.63) is 224 Å². The van der Waals surface area contributed by atoms with Crippen molar-refractivity contribution in [3.8, 4) is 44.5 Å². The molecule has 0 unspecified atom stereocenters. The molecule has 1 nitrogen and oxygen atoms in total. The Morgan fingerprint density at radius 1 is 0.273 bits per heavy atom. The Morgan fingerprint density at radius 2 is 0.745 bits per heavy atom. The second-order valence-corrected chi connectivity index (χ2v) is 14.1. The molecule has 0 atom stereocenters. The third kappa shape index (κ3) is 5.93. The summed E-state index contributed by atoms with van der Waals surface area (Å²) in [5.41, 5.74) is 12.9. The summed E-state index contributed by atoms with van der Waals surface area (Å²) in [5.74, 6) is 0. The molecule has 258 valence electrons. The summed E-state index contributed by atoms with van der Waals surface area (Å²) in [4.78, 5) is 2.50. The average molecular weight is 700 g/mol. The van der Waals surface area contributed by atoms with E-state index < -0.39 is 0 Å². The highest BCUT2D eigenvalue weighted by Crippen LogP contribution is 2.51. The van der Waals surface area contributed by atoms with E-state index >= 15 is 0 Å². The van der Waals surface area contributed by atoms with Crippen molar-refractivity contribution in [1.29, 1.82) is 0 Å². The lowest BCUT2D eigenvalue weighted by atomic mass is 9.89. The summed E-state index contributed by atoms with van der Waals surface area (Å²) in [5, 5.41) is 7.39. The number of hydrogen-bond donors (Lipinski definition) is 0. The third-order valence-electron chi connectivity index (χ3n) is 10.8. The summed E-state index contributed by atoms with van der Waals surface area (Å²) in [6.07, 6.45) is 0. The molecule has 0 bridgehead atoms. The minimum absolute atomic E-state index is 1.09. The van der Waals surface area contributed by atoms with E-state index in [9.17, 15) is 0 Å². The Hall–Kier alpha value is -7.22. The lowest BCUT2D eigenvalue weighted by Crippen LogP contribution is -2.13. The first kappa shape index (κ1) is 32.4. The molecule has 10 aromatic rings. The molecule has 0 saturated carbocycles. The second-order valence-electron chi connectivity index (χ2n) is 14.1. The van der Waals surface area contributed by atoms with Gasteiger partial charge in [0.15, 0.2) is 0 Å². The van der Waals surface area contributed by atoms with Crippen LogP contribution in [-0.2, 0) is 0 Å². The lowest BCUT2D eigenvalue weighted by Gasteiger charge is -2.32. The molecule has 10 rings (SSSR count). The highest BCUT2D eigenvalue weighted by atomic mass is 15.1. The Bertz CT molecular complexity index is 2950. The van der Waals surface area contributed by atoms with Gasteiger partial charge in [0.25, 0.3) is 0 Å².